The van der Waals surface area contributed by atoms with E-state index in [0.29, 0.717) is 23.6 Å². The van der Waals surface area contributed by atoms with E-state index in [-0.39, 0.29) is 10.8 Å². The van der Waals surface area contributed by atoms with E-state index >= 15 is 0 Å². The Morgan fingerprint density at radius 3 is 2.47 bits per heavy atom. The van der Waals surface area contributed by atoms with Crippen molar-refractivity contribution in [3.8, 4) is 0 Å². The van der Waals surface area contributed by atoms with Crippen molar-refractivity contribution in [2.75, 3.05) is 6.54 Å². The molecule has 0 bridgehead atoms. The van der Waals surface area contributed by atoms with E-state index in [9.17, 15) is 13.2 Å². The van der Waals surface area contributed by atoms with Crippen molar-refractivity contribution >= 4 is 15.9 Å². The largest absolute Gasteiger partial charge is 0.352 e. The van der Waals surface area contributed by atoms with E-state index in [0.717, 1.165) is 6.42 Å². The zero-order valence-corrected chi connectivity index (χ0v) is 12.3. The SMILES string of the molecule is Cc1cc(S(N)(=O)=O)ccc1C(=O)NCCC(C)C. The molecule has 0 fully saturated rings. The lowest BCUT2D eigenvalue weighted by atomic mass is 10.1. The van der Waals surface area contributed by atoms with E-state index in [1.54, 1.807) is 6.92 Å². The molecular weight excluding hydrogens is 264 g/mol. The third-order valence-corrected chi connectivity index (χ3v) is 3.69. The number of aryl methyl sites for hydroxylation is 1. The third kappa shape index (κ3) is 4.65. The molecule has 1 rings (SSSR count). The number of rotatable bonds is 5. The molecule has 0 saturated heterocycles. The lowest BCUT2D eigenvalue weighted by Gasteiger charge is -2.10. The van der Waals surface area contributed by atoms with Gasteiger partial charge in [0, 0.05) is 12.1 Å². The summed E-state index contributed by atoms with van der Waals surface area (Å²) in [6.07, 6.45) is 0.903. The van der Waals surface area contributed by atoms with Gasteiger partial charge in [-0.15, -0.1) is 0 Å². The average Bonchev–Trinajstić information content (AvgIpc) is 2.26. The number of carbonyl (C=O) groups is 1. The zero-order chi connectivity index (χ0) is 14.6. The second-order valence-electron chi connectivity index (χ2n) is 4.96. The number of nitrogens with one attached hydrogen (secondary N) is 1. The van der Waals surface area contributed by atoms with Crippen LogP contribution in [-0.2, 0) is 10.0 Å². The standard InChI is InChI=1S/C13H20N2O3S/c1-9(2)6-7-15-13(16)12-5-4-11(8-10(12)3)19(14,17)18/h4-5,8-9H,6-7H2,1-3H3,(H,15,16)(H2,14,17,18). The maximum Gasteiger partial charge on any atom is 0.251 e. The Bertz CT molecular complexity index is 565. The van der Waals surface area contributed by atoms with Crippen LogP contribution >= 0.6 is 0 Å². The lowest BCUT2D eigenvalue weighted by molar-refractivity contribution is 0.0951. The summed E-state index contributed by atoms with van der Waals surface area (Å²) in [6, 6.07) is 4.24. The van der Waals surface area contributed by atoms with Gasteiger partial charge in [-0.2, -0.15) is 0 Å². The first-order valence-corrected chi connectivity index (χ1v) is 7.68. The molecule has 0 radical (unpaired) electrons. The van der Waals surface area contributed by atoms with Gasteiger partial charge in [-0.05, 0) is 43.0 Å². The Kier molecular flexibility index (Phi) is 5.08. The van der Waals surface area contributed by atoms with Crippen molar-refractivity contribution in [1.82, 2.24) is 5.32 Å². The molecule has 0 aromatic heterocycles. The van der Waals surface area contributed by atoms with Crippen LogP contribution in [0.1, 0.15) is 36.2 Å². The molecule has 1 aromatic carbocycles. The summed E-state index contributed by atoms with van der Waals surface area (Å²) >= 11 is 0. The first-order valence-electron chi connectivity index (χ1n) is 6.13. The van der Waals surface area contributed by atoms with Crippen LogP contribution in [0.4, 0.5) is 0 Å². The fourth-order valence-electron chi connectivity index (χ4n) is 1.64. The number of hydrogen-bond acceptors (Lipinski definition) is 3. The lowest BCUT2D eigenvalue weighted by Crippen LogP contribution is -2.26. The number of nitrogens with two attached hydrogens (primary N) is 1. The zero-order valence-electron chi connectivity index (χ0n) is 11.4. The second kappa shape index (κ2) is 6.16. The van der Waals surface area contributed by atoms with Crippen LogP contribution in [0, 0.1) is 12.8 Å². The third-order valence-electron chi connectivity index (χ3n) is 2.78. The fraction of sp³-hybridized carbons (Fsp3) is 0.462. The van der Waals surface area contributed by atoms with Crippen LogP contribution in [0.5, 0.6) is 0 Å². The van der Waals surface area contributed by atoms with Gasteiger partial charge in [0.2, 0.25) is 10.0 Å². The summed E-state index contributed by atoms with van der Waals surface area (Å²) in [5.74, 6) is 0.324. The number of amides is 1. The van der Waals surface area contributed by atoms with Gasteiger partial charge < -0.3 is 5.32 Å². The van der Waals surface area contributed by atoms with Crippen molar-refractivity contribution in [3.05, 3.63) is 29.3 Å². The molecule has 106 valence electrons. The van der Waals surface area contributed by atoms with Crippen LogP contribution in [0.2, 0.25) is 0 Å². The molecule has 1 aromatic rings. The number of carbonyl (C=O) groups excluding carboxylic acids is 1. The predicted molar refractivity (Wildman–Crippen MR) is 74.3 cm³/mol. The minimum atomic E-state index is -3.73. The molecule has 0 aliphatic carbocycles. The minimum absolute atomic E-state index is 0.0173. The monoisotopic (exact) mass is 284 g/mol. The quantitative estimate of drug-likeness (QED) is 0.857. The average molecular weight is 284 g/mol. The number of sulfonamides is 1. The summed E-state index contributed by atoms with van der Waals surface area (Å²) in [5.41, 5.74) is 1.06. The number of benzene rings is 1. The molecule has 0 aliphatic heterocycles. The highest BCUT2D eigenvalue weighted by atomic mass is 32.2. The Morgan fingerprint density at radius 2 is 2.00 bits per heavy atom. The van der Waals surface area contributed by atoms with Gasteiger partial charge in [0.15, 0.2) is 0 Å². The van der Waals surface area contributed by atoms with E-state index < -0.39 is 10.0 Å². The van der Waals surface area contributed by atoms with Crippen molar-refractivity contribution in [2.24, 2.45) is 11.1 Å². The van der Waals surface area contributed by atoms with E-state index in [1.807, 2.05) is 0 Å². The highest BCUT2D eigenvalue weighted by Gasteiger charge is 2.13. The molecule has 0 heterocycles. The first kappa shape index (κ1) is 15.7. The molecule has 5 nitrogen and oxygen atoms in total. The number of primary sulfonamides is 1. The summed E-state index contributed by atoms with van der Waals surface area (Å²) in [6.45, 7) is 6.45. The molecule has 0 saturated carbocycles. The molecule has 0 aliphatic rings. The molecule has 3 N–H and O–H groups in total. The van der Waals surface area contributed by atoms with Gasteiger partial charge in [-0.25, -0.2) is 13.6 Å². The van der Waals surface area contributed by atoms with Gasteiger partial charge >= 0.3 is 0 Å². The topological polar surface area (TPSA) is 89.3 Å². The van der Waals surface area contributed by atoms with E-state index in [4.69, 9.17) is 5.14 Å². The Morgan fingerprint density at radius 1 is 1.37 bits per heavy atom. The summed E-state index contributed by atoms with van der Waals surface area (Å²) in [7, 11) is -3.73. The molecule has 19 heavy (non-hydrogen) atoms. The van der Waals surface area contributed by atoms with Crippen LogP contribution < -0.4 is 10.5 Å². The Hall–Kier alpha value is -1.40. The van der Waals surface area contributed by atoms with Gasteiger partial charge in [0.25, 0.3) is 5.91 Å². The maximum absolute atomic E-state index is 11.9. The van der Waals surface area contributed by atoms with Crippen molar-refractivity contribution in [1.29, 1.82) is 0 Å². The highest BCUT2D eigenvalue weighted by Crippen LogP contribution is 2.14. The minimum Gasteiger partial charge on any atom is -0.352 e. The van der Waals surface area contributed by atoms with Crippen molar-refractivity contribution in [2.45, 2.75) is 32.1 Å². The highest BCUT2D eigenvalue weighted by molar-refractivity contribution is 7.89. The normalized spacial score (nSPS) is 11.6. The van der Waals surface area contributed by atoms with Gasteiger partial charge in [0.05, 0.1) is 4.90 Å². The van der Waals surface area contributed by atoms with Crippen molar-refractivity contribution in [3.63, 3.8) is 0 Å². The summed E-state index contributed by atoms with van der Waals surface area (Å²) in [4.78, 5) is 11.9. The Labute approximate surface area is 114 Å². The maximum atomic E-state index is 11.9. The predicted octanol–water partition coefficient (Wildman–Crippen LogP) is 1.42. The molecule has 0 spiro atoms. The van der Waals surface area contributed by atoms with Gasteiger partial charge in [0.1, 0.15) is 0 Å². The van der Waals surface area contributed by atoms with Crippen LogP contribution in [0.15, 0.2) is 23.1 Å². The van der Waals surface area contributed by atoms with E-state index in [1.165, 1.54) is 18.2 Å². The molecular formula is C13H20N2O3S. The fourth-order valence-corrected chi connectivity index (χ4v) is 2.24. The number of hydrogen-bond donors (Lipinski definition) is 2. The second-order valence-corrected chi connectivity index (χ2v) is 6.52. The molecule has 6 heteroatoms. The van der Waals surface area contributed by atoms with Crippen LogP contribution in [-0.4, -0.2) is 20.9 Å². The smallest absolute Gasteiger partial charge is 0.251 e. The summed E-state index contributed by atoms with van der Waals surface area (Å²) in [5, 5.41) is 7.85. The molecule has 1 amide bonds. The molecule has 0 unspecified atom stereocenters. The van der Waals surface area contributed by atoms with Gasteiger partial charge in [-0.3, -0.25) is 4.79 Å². The van der Waals surface area contributed by atoms with Crippen molar-refractivity contribution < 1.29 is 13.2 Å². The summed E-state index contributed by atoms with van der Waals surface area (Å²) < 4.78 is 22.4. The Balaban J connectivity index is 2.82. The molecule has 0 atom stereocenters. The van der Waals surface area contributed by atoms with Crippen LogP contribution in [0.3, 0.4) is 0 Å². The van der Waals surface area contributed by atoms with Gasteiger partial charge in [-0.1, -0.05) is 13.8 Å². The van der Waals surface area contributed by atoms with E-state index in [2.05, 4.69) is 19.2 Å². The van der Waals surface area contributed by atoms with Crippen LogP contribution in [0.25, 0.3) is 0 Å². The first-order chi connectivity index (χ1) is 8.71.